The van der Waals surface area contributed by atoms with Gasteiger partial charge in [-0.05, 0) is 62.1 Å². The summed E-state index contributed by atoms with van der Waals surface area (Å²) in [6, 6.07) is 7.23. The molecule has 0 saturated carbocycles. The highest BCUT2D eigenvalue weighted by Gasteiger charge is 2.33. The number of imidazole rings is 1. The number of nitrogens with one attached hydrogen (secondary N) is 3. The minimum Gasteiger partial charge on any atom is -0.348 e. The van der Waals surface area contributed by atoms with E-state index in [-0.39, 0.29) is 73.2 Å². The van der Waals surface area contributed by atoms with Gasteiger partial charge in [0.2, 0.25) is 21.8 Å². The largest absolute Gasteiger partial charge is 0.348 e. The van der Waals surface area contributed by atoms with E-state index in [0.29, 0.717) is 18.4 Å². The molecule has 0 aliphatic carbocycles. The first kappa shape index (κ1) is 33.4. The first-order chi connectivity index (χ1) is 19.6. The van der Waals surface area contributed by atoms with E-state index in [1.165, 1.54) is 22.3 Å². The highest BCUT2D eigenvalue weighted by molar-refractivity contribution is 7.89. The Hall–Kier alpha value is -3.13. The van der Waals surface area contributed by atoms with Gasteiger partial charge in [0.25, 0.3) is 6.08 Å². The fraction of sp³-hybridized carbons (Fsp3) is 0.393. The Morgan fingerprint density at radius 2 is 1.90 bits per heavy atom. The zero-order valence-electron chi connectivity index (χ0n) is 23.3. The molecule has 4 rings (SSSR count). The molecule has 1 saturated heterocycles. The van der Waals surface area contributed by atoms with E-state index in [4.69, 9.17) is 0 Å². The van der Waals surface area contributed by atoms with Crippen LogP contribution in [0.25, 0.3) is 10.4 Å². The van der Waals surface area contributed by atoms with Crippen LogP contribution >= 0.6 is 23.7 Å². The number of aromatic nitrogens is 2. The third kappa shape index (κ3) is 8.03. The lowest BCUT2D eigenvalue weighted by atomic mass is 10.0. The minimum atomic E-state index is -4.32. The molecule has 0 bridgehead atoms. The van der Waals surface area contributed by atoms with Crippen LogP contribution in [-0.2, 0) is 26.0 Å². The number of hydrogen-bond donors (Lipinski definition) is 3. The number of amides is 2. The van der Waals surface area contributed by atoms with E-state index in [0.717, 1.165) is 16.3 Å². The van der Waals surface area contributed by atoms with Crippen molar-refractivity contribution in [1.82, 2.24) is 19.6 Å². The van der Waals surface area contributed by atoms with Crippen molar-refractivity contribution in [2.24, 2.45) is 0 Å². The van der Waals surface area contributed by atoms with Gasteiger partial charge in [0, 0.05) is 35.6 Å². The number of aryl methyl sites for hydroxylation is 2. The average Bonchev–Trinajstić information content (AvgIpc) is 3.64. The zero-order valence-corrected chi connectivity index (χ0v) is 25.7. The summed E-state index contributed by atoms with van der Waals surface area (Å²) in [5, 5.41) is 4.59. The molecule has 0 radical (unpaired) electrons. The van der Waals surface area contributed by atoms with Gasteiger partial charge >= 0.3 is 0 Å². The van der Waals surface area contributed by atoms with Crippen molar-refractivity contribution < 1.29 is 26.8 Å². The molecule has 1 atom stereocenters. The molecule has 228 valence electrons. The fourth-order valence-corrected chi connectivity index (χ4v) is 6.92. The molecule has 1 aromatic carbocycles. The van der Waals surface area contributed by atoms with Gasteiger partial charge in [-0.3, -0.25) is 9.59 Å². The maximum Gasteiger partial charge on any atom is 0.269 e. The van der Waals surface area contributed by atoms with Crippen molar-refractivity contribution in [3.05, 3.63) is 65.1 Å². The molecule has 3 heterocycles. The number of benzene rings is 1. The molecular formula is C28H34ClF2N5O4S2. The maximum atomic E-state index is 13.9. The van der Waals surface area contributed by atoms with Gasteiger partial charge in [-0.2, -0.15) is 13.5 Å². The van der Waals surface area contributed by atoms with Gasteiger partial charge in [-0.25, -0.2) is 13.4 Å². The predicted molar refractivity (Wildman–Crippen MR) is 161 cm³/mol. The van der Waals surface area contributed by atoms with Crippen molar-refractivity contribution in [3.63, 3.8) is 0 Å². The van der Waals surface area contributed by atoms with Crippen molar-refractivity contribution in [1.29, 1.82) is 0 Å². The van der Waals surface area contributed by atoms with E-state index < -0.39 is 28.1 Å². The van der Waals surface area contributed by atoms with E-state index >= 15 is 0 Å². The Morgan fingerprint density at radius 1 is 1.17 bits per heavy atom. The molecule has 9 nitrogen and oxygen atoms in total. The Kier molecular flexibility index (Phi) is 11.8. The Morgan fingerprint density at radius 3 is 2.50 bits per heavy atom. The fourth-order valence-electron chi connectivity index (χ4n) is 4.75. The summed E-state index contributed by atoms with van der Waals surface area (Å²) in [7, 11) is -4.32. The van der Waals surface area contributed by atoms with Crippen LogP contribution in [0, 0.1) is 6.92 Å². The van der Waals surface area contributed by atoms with Crippen molar-refractivity contribution in [2.75, 3.05) is 18.4 Å². The van der Waals surface area contributed by atoms with Crippen molar-refractivity contribution in [2.45, 2.75) is 63.3 Å². The third-order valence-corrected chi connectivity index (χ3v) is 9.49. The van der Waals surface area contributed by atoms with Crippen LogP contribution in [0.1, 0.15) is 50.4 Å². The number of thiophene rings is 1. The van der Waals surface area contributed by atoms with Crippen molar-refractivity contribution >= 4 is 51.3 Å². The number of anilines is 1. The Bertz CT molecular complexity index is 1510. The number of hydrogen-bond acceptors (Lipinski definition) is 6. The van der Waals surface area contributed by atoms with Gasteiger partial charge in [-0.15, -0.1) is 23.7 Å². The SMILES string of the molecule is CCC(=O)Nc1c(-c2cccs2)cccc1S(=O)(=O)N[C@@H](CCCc1nc[nH]c1C)C(=O)N1CCC(=C(F)F)CC1.Cl. The van der Waals surface area contributed by atoms with Crippen LogP contribution in [0.3, 0.4) is 0 Å². The lowest BCUT2D eigenvalue weighted by molar-refractivity contribution is -0.133. The summed E-state index contributed by atoms with van der Waals surface area (Å²) < 4.78 is 56.5. The van der Waals surface area contributed by atoms with Crippen LogP contribution in [0.4, 0.5) is 14.5 Å². The molecule has 3 N–H and O–H groups in total. The van der Waals surface area contributed by atoms with E-state index in [1.54, 1.807) is 25.4 Å². The Labute approximate surface area is 254 Å². The second-order valence-electron chi connectivity index (χ2n) is 9.79. The molecule has 3 aromatic rings. The maximum absolute atomic E-state index is 13.9. The van der Waals surface area contributed by atoms with Gasteiger partial charge in [0.15, 0.2) is 0 Å². The highest BCUT2D eigenvalue weighted by Crippen LogP contribution is 2.36. The van der Waals surface area contributed by atoms with E-state index in [9.17, 15) is 26.8 Å². The second kappa shape index (κ2) is 14.9. The van der Waals surface area contributed by atoms with Crippen LogP contribution in [0.15, 0.2) is 58.6 Å². The molecule has 2 amide bonds. The number of likely N-dealkylation sites (tertiary alicyclic amines) is 1. The van der Waals surface area contributed by atoms with Crippen LogP contribution < -0.4 is 10.0 Å². The lowest BCUT2D eigenvalue weighted by Crippen LogP contribution is -2.50. The summed E-state index contributed by atoms with van der Waals surface area (Å²) in [5.74, 6) is -0.830. The summed E-state index contributed by atoms with van der Waals surface area (Å²) in [6.45, 7) is 3.70. The number of aromatic amines is 1. The number of halogens is 3. The Balaban J connectivity index is 0.00000484. The topological polar surface area (TPSA) is 124 Å². The van der Waals surface area contributed by atoms with Gasteiger partial charge < -0.3 is 15.2 Å². The summed E-state index contributed by atoms with van der Waals surface area (Å²) >= 11 is 1.40. The predicted octanol–water partition coefficient (Wildman–Crippen LogP) is 5.66. The number of nitrogens with zero attached hydrogens (tertiary/aromatic N) is 2. The summed E-state index contributed by atoms with van der Waals surface area (Å²) in [4.78, 5) is 35.4. The van der Waals surface area contributed by atoms with Gasteiger partial charge in [-0.1, -0.05) is 25.1 Å². The zero-order chi connectivity index (χ0) is 29.6. The number of para-hydroxylation sites is 1. The summed E-state index contributed by atoms with van der Waals surface area (Å²) in [6.07, 6.45) is 1.21. The second-order valence-corrected chi connectivity index (χ2v) is 12.4. The van der Waals surface area contributed by atoms with E-state index in [2.05, 4.69) is 20.0 Å². The number of piperidine rings is 1. The standard InChI is InChI=1S/C28H33F2N5O4S2.ClH/c1-3-25(36)33-26-20(23-10-6-16-40-23)7-4-11-24(26)41(38,39)34-22(9-5-8-21-18(2)31-17-32-21)28(37)35-14-12-19(13-15-35)27(29)30;/h4,6-7,10-11,16-17,22,34H,3,5,8-9,12-15H2,1-2H3,(H,31,32)(H,33,36);1H/t22-;/m0./s1. The highest BCUT2D eigenvalue weighted by atomic mass is 35.5. The molecule has 0 spiro atoms. The molecule has 1 aliphatic heterocycles. The minimum absolute atomic E-state index is 0. The molecule has 14 heteroatoms. The number of carbonyl (C=O) groups is 2. The number of H-pyrrole nitrogens is 1. The first-order valence-electron chi connectivity index (χ1n) is 13.4. The smallest absolute Gasteiger partial charge is 0.269 e. The first-order valence-corrected chi connectivity index (χ1v) is 15.8. The molecule has 42 heavy (non-hydrogen) atoms. The number of sulfonamides is 1. The number of carbonyl (C=O) groups excluding carboxylic acids is 2. The van der Waals surface area contributed by atoms with Gasteiger partial charge in [0.05, 0.1) is 17.7 Å². The average molecular weight is 642 g/mol. The number of rotatable bonds is 11. The molecule has 0 unspecified atom stereocenters. The third-order valence-electron chi connectivity index (χ3n) is 7.07. The van der Waals surface area contributed by atoms with Crippen LogP contribution in [0.2, 0.25) is 0 Å². The van der Waals surface area contributed by atoms with Crippen LogP contribution in [0.5, 0.6) is 0 Å². The monoisotopic (exact) mass is 641 g/mol. The summed E-state index contributed by atoms with van der Waals surface area (Å²) in [5.41, 5.74) is 2.41. The normalized spacial score (nSPS) is 14.3. The van der Waals surface area contributed by atoms with Gasteiger partial charge in [0.1, 0.15) is 10.9 Å². The lowest BCUT2D eigenvalue weighted by Gasteiger charge is -2.31. The van der Waals surface area contributed by atoms with Crippen LogP contribution in [-0.4, -0.2) is 54.2 Å². The van der Waals surface area contributed by atoms with E-state index in [1.807, 2.05) is 24.4 Å². The quantitative estimate of drug-likeness (QED) is 0.249. The molecule has 2 aromatic heterocycles. The molecule has 1 fully saturated rings. The molecular weight excluding hydrogens is 608 g/mol. The van der Waals surface area contributed by atoms with Crippen molar-refractivity contribution in [3.8, 4) is 10.4 Å². The molecule has 1 aliphatic rings.